The summed E-state index contributed by atoms with van der Waals surface area (Å²) in [6, 6.07) is 1.83. The standard InChI is InChI=1S/C9H6BrF2NO/c10-7-3-5(11)4-8(12)6(7)1-2-9(13)14/h1-4H,(H2,13,14). The smallest absolute Gasteiger partial charge is 0.241 e. The maximum atomic E-state index is 13.1. The van der Waals surface area contributed by atoms with Gasteiger partial charge in [-0.25, -0.2) is 8.78 Å². The predicted octanol–water partition coefficient (Wildman–Crippen LogP) is 2.23. The highest BCUT2D eigenvalue weighted by atomic mass is 79.9. The number of rotatable bonds is 2. The number of halogens is 3. The molecule has 1 rings (SSSR count). The molecular weight excluding hydrogens is 256 g/mol. The van der Waals surface area contributed by atoms with Gasteiger partial charge in [0.25, 0.3) is 0 Å². The third-order valence-electron chi connectivity index (χ3n) is 1.46. The average Bonchev–Trinajstić information content (AvgIpc) is 2.01. The first kappa shape index (κ1) is 10.8. The maximum absolute atomic E-state index is 13.1. The lowest BCUT2D eigenvalue weighted by molar-refractivity contribution is -0.113. The van der Waals surface area contributed by atoms with Crippen LogP contribution < -0.4 is 5.73 Å². The molecular formula is C9H6BrF2NO. The first-order chi connectivity index (χ1) is 6.50. The molecule has 0 atom stereocenters. The number of hydrogen-bond donors (Lipinski definition) is 1. The highest BCUT2D eigenvalue weighted by Crippen LogP contribution is 2.22. The van der Waals surface area contributed by atoms with Gasteiger partial charge in [0.05, 0.1) is 0 Å². The van der Waals surface area contributed by atoms with Crippen molar-refractivity contribution in [2.24, 2.45) is 5.73 Å². The second kappa shape index (κ2) is 4.32. The Bertz CT molecular complexity index is 381. The van der Waals surface area contributed by atoms with Crippen molar-refractivity contribution in [2.75, 3.05) is 0 Å². The first-order valence-electron chi connectivity index (χ1n) is 3.63. The van der Waals surface area contributed by atoms with E-state index in [0.29, 0.717) is 0 Å². The molecule has 1 aromatic rings. The summed E-state index contributed by atoms with van der Waals surface area (Å²) in [5.41, 5.74) is 4.92. The van der Waals surface area contributed by atoms with Crippen molar-refractivity contribution in [1.29, 1.82) is 0 Å². The van der Waals surface area contributed by atoms with Crippen LogP contribution in [0.2, 0.25) is 0 Å². The fourth-order valence-corrected chi connectivity index (χ4v) is 1.42. The number of hydrogen-bond acceptors (Lipinski definition) is 1. The van der Waals surface area contributed by atoms with Crippen molar-refractivity contribution in [3.63, 3.8) is 0 Å². The monoisotopic (exact) mass is 261 g/mol. The maximum Gasteiger partial charge on any atom is 0.241 e. The molecule has 74 valence electrons. The Labute approximate surface area is 87.5 Å². The van der Waals surface area contributed by atoms with Crippen molar-refractivity contribution in [3.05, 3.63) is 39.9 Å². The van der Waals surface area contributed by atoms with Gasteiger partial charge in [-0.1, -0.05) is 0 Å². The Morgan fingerprint density at radius 1 is 1.43 bits per heavy atom. The van der Waals surface area contributed by atoms with Gasteiger partial charge in [-0.15, -0.1) is 0 Å². The Morgan fingerprint density at radius 2 is 2.07 bits per heavy atom. The van der Waals surface area contributed by atoms with Crippen LogP contribution >= 0.6 is 15.9 Å². The molecule has 2 nitrogen and oxygen atoms in total. The summed E-state index contributed by atoms with van der Waals surface area (Å²) in [5.74, 6) is -2.14. The van der Waals surface area contributed by atoms with E-state index in [1.54, 1.807) is 0 Å². The SMILES string of the molecule is NC(=O)C=Cc1c(F)cc(F)cc1Br. The third kappa shape index (κ3) is 2.63. The van der Waals surface area contributed by atoms with Gasteiger partial charge in [0.15, 0.2) is 0 Å². The van der Waals surface area contributed by atoms with E-state index >= 15 is 0 Å². The molecule has 0 saturated heterocycles. The fourth-order valence-electron chi connectivity index (χ4n) is 0.878. The summed E-state index contributed by atoms with van der Waals surface area (Å²) in [5, 5.41) is 0. The molecule has 0 unspecified atom stereocenters. The van der Waals surface area contributed by atoms with Crippen LogP contribution in [-0.2, 0) is 4.79 Å². The van der Waals surface area contributed by atoms with Gasteiger partial charge in [0.1, 0.15) is 11.6 Å². The van der Waals surface area contributed by atoms with Crippen LogP contribution in [0.5, 0.6) is 0 Å². The molecule has 0 spiro atoms. The first-order valence-corrected chi connectivity index (χ1v) is 4.42. The van der Waals surface area contributed by atoms with Crippen LogP contribution in [0.25, 0.3) is 6.08 Å². The van der Waals surface area contributed by atoms with Gasteiger partial charge >= 0.3 is 0 Å². The van der Waals surface area contributed by atoms with Crippen LogP contribution in [0.1, 0.15) is 5.56 Å². The van der Waals surface area contributed by atoms with Crippen molar-refractivity contribution in [3.8, 4) is 0 Å². The van der Waals surface area contributed by atoms with Gasteiger partial charge in [-0.05, 0) is 28.1 Å². The number of nitrogens with two attached hydrogens (primary N) is 1. The zero-order chi connectivity index (χ0) is 10.7. The molecule has 14 heavy (non-hydrogen) atoms. The van der Waals surface area contributed by atoms with Crippen LogP contribution in [0, 0.1) is 11.6 Å². The van der Waals surface area contributed by atoms with Gasteiger partial charge in [-0.2, -0.15) is 0 Å². The summed E-state index contributed by atoms with van der Waals surface area (Å²) in [7, 11) is 0. The summed E-state index contributed by atoms with van der Waals surface area (Å²) < 4.78 is 25.9. The van der Waals surface area contributed by atoms with E-state index in [1.807, 2.05) is 0 Å². The Kier molecular flexibility index (Phi) is 3.35. The number of carbonyl (C=O) groups is 1. The lowest BCUT2D eigenvalue weighted by atomic mass is 10.2. The Hall–Kier alpha value is -1.23. The molecule has 0 aliphatic heterocycles. The zero-order valence-corrected chi connectivity index (χ0v) is 8.51. The van der Waals surface area contributed by atoms with E-state index in [1.165, 1.54) is 6.08 Å². The van der Waals surface area contributed by atoms with Crippen LogP contribution in [0.15, 0.2) is 22.7 Å². The largest absolute Gasteiger partial charge is 0.366 e. The summed E-state index contributed by atoms with van der Waals surface area (Å²) >= 11 is 2.96. The molecule has 0 aliphatic rings. The Balaban J connectivity index is 3.15. The van der Waals surface area contributed by atoms with Crippen molar-refractivity contribution < 1.29 is 13.6 Å². The van der Waals surface area contributed by atoms with Gasteiger partial charge in [0, 0.05) is 22.2 Å². The summed E-state index contributed by atoms with van der Waals surface area (Å²) in [6.45, 7) is 0. The van der Waals surface area contributed by atoms with E-state index in [0.717, 1.165) is 18.2 Å². The van der Waals surface area contributed by atoms with E-state index in [4.69, 9.17) is 5.73 Å². The molecule has 0 saturated carbocycles. The van der Waals surface area contributed by atoms with E-state index < -0.39 is 17.5 Å². The normalized spacial score (nSPS) is 10.8. The van der Waals surface area contributed by atoms with Crippen molar-refractivity contribution >= 4 is 27.9 Å². The Morgan fingerprint density at radius 3 is 2.57 bits per heavy atom. The van der Waals surface area contributed by atoms with E-state index in [2.05, 4.69) is 15.9 Å². The van der Waals surface area contributed by atoms with Gasteiger partial charge < -0.3 is 5.73 Å². The highest BCUT2D eigenvalue weighted by Gasteiger charge is 2.06. The molecule has 0 fully saturated rings. The van der Waals surface area contributed by atoms with Crippen LogP contribution in [0.4, 0.5) is 8.78 Å². The molecule has 2 N–H and O–H groups in total. The van der Waals surface area contributed by atoms with E-state index in [9.17, 15) is 13.6 Å². The minimum atomic E-state index is -0.755. The second-order valence-corrected chi connectivity index (χ2v) is 3.37. The lowest BCUT2D eigenvalue weighted by Crippen LogP contribution is -2.05. The lowest BCUT2D eigenvalue weighted by Gasteiger charge is -2.00. The molecule has 1 amide bonds. The molecule has 0 radical (unpaired) electrons. The summed E-state index contributed by atoms with van der Waals surface area (Å²) in [4.78, 5) is 10.4. The second-order valence-electron chi connectivity index (χ2n) is 2.52. The number of primary amides is 1. The molecule has 5 heteroatoms. The van der Waals surface area contributed by atoms with Crippen molar-refractivity contribution in [1.82, 2.24) is 0 Å². The van der Waals surface area contributed by atoms with Crippen LogP contribution in [0.3, 0.4) is 0 Å². The highest BCUT2D eigenvalue weighted by molar-refractivity contribution is 9.10. The van der Waals surface area contributed by atoms with E-state index in [-0.39, 0.29) is 10.0 Å². The quantitative estimate of drug-likeness (QED) is 0.816. The number of amides is 1. The third-order valence-corrected chi connectivity index (χ3v) is 2.11. The molecule has 0 aromatic heterocycles. The predicted molar refractivity (Wildman–Crippen MR) is 52.3 cm³/mol. The summed E-state index contributed by atoms with van der Waals surface area (Å²) in [6.07, 6.45) is 2.18. The molecule has 0 heterocycles. The zero-order valence-electron chi connectivity index (χ0n) is 6.93. The molecule has 0 bridgehead atoms. The number of carbonyl (C=O) groups excluding carboxylic acids is 1. The number of benzene rings is 1. The molecule has 1 aromatic carbocycles. The van der Waals surface area contributed by atoms with Gasteiger partial charge in [-0.3, -0.25) is 4.79 Å². The fraction of sp³-hybridized carbons (Fsp3) is 0. The van der Waals surface area contributed by atoms with Crippen LogP contribution in [-0.4, -0.2) is 5.91 Å². The van der Waals surface area contributed by atoms with Crippen molar-refractivity contribution in [2.45, 2.75) is 0 Å². The minimum absolute atomic E-state index is 0.0881. The molecule has 0 aliphatic carbocycles. The van der Waals surface area contributed by atoms with Gasteiger partial charge in [0.2, 0.25) is 5.91 Å². The minimum Gasteiger partial charge on any atom is -0.366 e. The average molecular weight is 262 g/mol. The topological polar surface area (TPSA) is 43.1 Å².